The third-order valence-corrected chi connectivity index (χ3v) is 7.19. The summed E-state index contributed by atoms with van der Waals surface area (Å²) in [6.45, 7) is 1.73. The number of ether oxygens (including phenoxy) is 2. The lowest BCUT2D eigenvalue weighted by Gasteiger charge is -2.19. The zero-order valence-corrected chi connectivity index (χ0v) is 23.9. The quantitative estimate of drug-likeness (QED) is 0.296. The van der Waals surface area contributed by atoms with Crippen LogP contribution >= 0.6 is 11.6 Å². The molecule has 1 aromatic heterocycles. The van der Waals surface area contributed by atoms with Crippen molar-refractivity contribution in [3.05, 3.63) is 105 Å². The lowest BCUT2D eigenvalue weighted by Crippen LogP contribution is -2.32. The molecule has 0 radical (unpaired) electrons. The standard InChI is InChI=1S/C30H26ClN5O6/c1-17-25(30(40)36(34(17)2)20-11-6-5-7-12-20)33-27(37)18-9-8-10-19(15-18)32-26-24(31)28(38)35(29(26)39)22-16-21(41-3)13-14-23(22)42-4/h5-16,32H,1-4H3,(H,33,37). The van der Waals surface area contributed by atoms with Gasteiger partial charge in [-0.15, -0.1) is 0 Å². The molecule has 0 atom stereocenters. The largest absolute Gasteiger partial charge is 0.497 e. The van der Waals surface area contributed by atoms with Crippen LogP contribution in [0.3, 0.4) is 0 Å². The summed E-state index contributed by atoms with van der Waals surface area (Å²) < 4.78 is 13.7. The number of halogens is 1. The maximum absolute atomic E-state index is 13.4. The van der Waals surface area contributed by atoms with Gasteiger partial charge in [0.15, 0.2) is 0 Å². The molecule has 1 aliphatic rings. The number of amides is 3. The normalized spacial score (nSPS) is 13.0. The number of anilines is 3. The molecule has 12 heteroatoms. The van der Waals surface area contributed by atoms with Crippen molar-refractivity contribution in [1.82, 2.24) is 9.36 Å². The second-order valence-electron chi connectivity index (χ2n) is 9.27. The van der Waals surface area contributed by atoms with Crippen molar-refractivity contribution in [3.63, 3.8) is 0 Å². The summed E-state index contributed by atoms with van der Waals surface area (Å²) in [5.74, 6) is -1.33. The number of para-hydroxylation sites is 1. The molecule has 2 N–H and O–H groups in total. The van der Waals surface area contributed by atoms with Crippen LogP contribution in [-0.2, 0) is 16.6 Å². The van der Waals surface area contributed by atoms with E-state index in [1.54, 1.807) is 61.1 Å². The molecule has 0 spiro atoms. The summed E-state index contributed by atoms with van der Waals surface area (Å²) in [6, 6.07) is 20.0. The van der Waals surface area contributed by atoms with E-state index in [2.05, 4.69) is 10.6 Å². The van der Waals surface area contributed by atoms with Gasteiger partial charge in [0.25, 0.3) is 23.3 Å². The van der Waals surface area contributed by atoms with Gasteiger partial charge in [0.2, 0.25) is 0 Å². The second kappa shape index (κ2) is 11.3. The van der Waals surface area contributed by atoms with Gasteiger partial charge < -0.3 is 20.1 Å². The highest BCUT2D eigenvalue weighted by molar-refractivity contribution is 6.53. The molecule has 0 bridgehead atoms. The van der Waals surface area contributed by atoms with Crippen LogP contribution in [0.1, 0.15) is 16.1 Å². The highest BCUT2D eigenvalue weighted by Crippen LogP contribution is 2.38. The van der Waals surface area contributed by atoms with Crippen LogP contribution in [-0.4, -0.2) is 41.3 Å². The minimum absolute atomic E-state index is 0.134. The van der Waals surface area contributed by atoms with Crippen LogP contribution in [0.4, 0.5) is 17.1 Å². The van der Waals surface area contributed by atoms with E-state index in [0.29, 0.717) is 22.8 Å². The smallest absolute Gasteiger partial charge is 0.295 e. The van der Waals surface area contributed by atoms with Crippen molar-refractivity contribution in [2.75, 3.05) is 29.8 Å². The summed E-state index contributed by atoms with van der Waals surface area (Å²) >= 11 is 6.31. The molecule has 214 valence electrons. The molecule has 0 unspecified atom stereocenters. The van der Waals surface area contributed by atoms with E-state index in [1.807, 2.05) is 18.2 Å². The van der Waals surface area contributed by atoms with Crippen LogP contribution in [0.15, 0.2) is 88.3 Å². The Kier molecular flexibility index (Phi) is 7.60. The Morgan fingerprint density at radius 1 is 0.881 bits per heavy atom. The fraction of sp³-hybridized carbons (Fsp3) is 0.133. The predicted octanol–water partition coefficient (Wildman–Crippen LogP) is 4.19. The van der Waals surface area contributed by atoms with E-state index >= 15 is 0 Å². The fourth-order valence-corrected chi connectivity index (χ4v) is 4.79. The monoisotopic (exact) mass is 587 g/mol. The number of carbonyl (C=O) groups excluding carboxylic acids is 3. The Morgan fingerprint density at radius 2 is 1.62 bits per heavy atom. The fourth-order valence-electron chi connectivity index (χ4n) is 4.58. The lowest BCUT2D eigenvalue weighted by atomic mass is 10.1. The average Bonchev–Trinajstić information content (AvgIpc) is 3.34. The van der Waals surface area contributed by atoms with Gasteiger partial charge in [-0.05, 0) is 49.4 Å². The molecule has 3 aromatic carbocycles. The van der Waals surface area contributed by atoms with E-state index in [1.165, 1.54) is 31.0 Å². The molecule has 0 aliphatic carbocycles. The number of hydrogen-bond acceptors (Lipinski definition) is 7. The van der Waals surface area contributed by atoms with E-state index < -0.39 is 17.7 Å². The topological polar surface area (TPSA) is 124 Å². The molecule has 1 aliphatic heterocycles. The van der Waals surface area contributed by atoms with Crippen LogP contribution < -0.4 is 30.6 Å². The van der Waals surface area contributed by atoms with Crippen LogP contribution in [0.2, 0.25) is 0 Å². The maximum Gasteiger partial charge on any atom is 0.295 e. The first kappa shape index (κ1) is 28.2. The first-order valence-electron chi connectivity index (χ1n) is 12.7. The van der Waals surface area contributed by atoms with Crippen LogP contribution in [0, 0.1) is 6.92 Å². The van der Waals surface area contributed by atoms with E-state index in [4.69, 9.17) is 21.1 Å². The molecule has 3 amide bonds. The van der Waals surface area contributed by atoms with E-state index in [9.17, 15) is 19.2 Å². The number of rotatable bonds is 8. The van der Waals surface area contributed by atoms with Crippen molar-refractivity contribution in [3.8, 4) is 17.2 Å². The number of nitrogens with zero attached hydrogens (tertiary/aromatic N) is 3. The lowest BCUT2D eigenvalue weighted by molar-refractivity contribution is -0.120. The Bertz CT molecular complexity index is 1830. The molecular weight excluding hydrogens is 562 g/mol. The van der Waals surface area contributed by atoms with Crippen molar-refractivity contribution >= 4 is 46.4 Å². The summed E-state index contributed by atoms with van der Waals surface area (Å²) in [4.78, 5) is 53.7. The van der Waals surface area contributed by atoms with E-state index in [-0.39, 0.29) is 39.0 Å². The number of carbonyl (C=O) groups is 3. The number of hydrogen-bond donors (Lipinski definition) is 2. The number of methoxy groups -OCH3 is 2. The first-order chi connectivity index (χ1) is 20.2. The van der Waals surface area contributed by atoms with Crippen molar-refractivity contribution < 1.29 is 23.9 Å². The molecule has 42 heavy (non-hydrogen) atoms. The third-order valence-electron chi connectivity index (χ3n) is 6.84. The van der Waals surface area contributed by atoms with Crippen LogP contribution in [0.5, 0.6) is 11.5 Å². The molecule has 4 aromatic rings. The zero-order chi connectivity index (χ0) is 30.1. The number of benzene rings is 3. The third kappa shape index (κ3) is 4.90. The molecule has 0 fully saturated rings. The van der Waals surface area contributed by atoms with Crippen molar-refractivity contribution in [2.24, 2.45) is 7.05 Å². The Balaban J connectivity index is 1.39. The Labute approximate surface area is 245 Å². The summed E-state index contributed by atoms with van der Waals surface area (Å²) in [7, 11) is 4.60. The summed E-state index contributed by atoms with van der Waals surface area (Å²) in [6.07, 6.45) is 0. The highest BCUT2D eigenvalue weighted by Gasteiger charge is 2.40. The van der Waals surface area contributed by atoms with Gasteiger partial charge in [-0.25, -0.2) is 9.58 Å². The van der Waals surface area contributed by atoms with Gasteiger partial charge >= 0.3 is 0 Å². The maximum atomic E-state index is 13.4. The first-order valence-corrected chi connectivity index (χ1v) is 13.1. The van der Waals surface area contributed by atoms with Gasteiger partial charge in [-0.1, -0.05) is 35.9 Å². The van der Waals surface area contributed by atoms with Gasteiger partial charge in [0.1, 0.15) is 27.9 Å². The second-order valence-corrected chi connectivity index (χ2v) is 9.65. The predicted molar refractivity (Wildman–Crippen MR) is 159 cm³/mol. The van der Waals surface area contributed by atoms with Gasteiger partial charge in [-0.2, -0.15) is 0 Å². The minimum atomic E-state index is -0.751. The number of nitrogens with one attached hydrogen (secondary N) is 2. The average molecular weight is 588 g/mol. The minimum Gasteiger partial charge on any atom is -0.497 e. The molecular formula is C30H26ClN5O6. The van der Waals surface area contributed by atoms with Crippen molar-refractivity contribution in [1.29, 1.82) is 0 Å². The Morgan fingerprint density at radius 3 is 2.31 bits per heavy atom. The van der Waals surface area contributed by atoms with Crippen LogP contribution in [0.25, 0.3) is 5.69 Å². The molecule has 0 saturated heterocycles. The molecule has 0 saturated carbocycles. The SMILES string of the molecule is COc1ccc(OC)c(N2C(=O)C(Cl)=C(Nc3cccc(C(=O)Nc4c(C)n(C)n(-c5ccccc5)c4=O)c3)C2=O)c1. The number of imide groups is 1. The summed E-state index contributed by atoms with van der Waals surface area (Å²) in [5, 5.41) is 5.24. The molecule has 11 nitrogen and oxygen atoms in total. The molecule has 5 rings (SSSR count). The van der Waals surface area contributed by atoms with E-state index in [0.717, 1.165) is 4.90 Å². The summed E-state index contributed by atoms with van der Waals surface area (Å²) in [5.41, 5.74) is 1.48. The Hall–Kier alpha value is -5.29. The van der Waals surface area contributed by atoms with Crippen molar-refractivity contribution in [2.45, 2.75) is 6.92 Å². The number of aromatic nitrogens is 2. The van der Waals surface area contributed by atoms with Gasteiger partial charge in [0, 0.05) is 24.4 Å². The highest BCUT2D eigenvalue weighted by atomic mass is 35.5. The van der Waals surface area contributed by atoms with Gasteiger partial charge in [0.05, 0.1) is 31.3 Å². The zero-order valence-electron chi connectivity index (χ0n) is 23.1. The van der Waals surface area contributed by atoms with Gasteiger partial charge in [-0.3, -0.25) is 23.9 Å². The molecule has 2 heterocycles.